The fraction of sp³-hybridized carbons (Fsp3) is 0.364. The van der Waals surface area contributed by atoms with Crippen LogP contribution in [0.2, 0.25) is 0 Å². The van der Waals surface area contributed by atoms with E-state index in [1.807, 2.05) is 36.7 Å². The number of hydrogen-bond donors (Lipinski definition) is 1. The van der Waals surface area contributed by atoms with E-state index < -0.39 is 0 Å². The largest absolute Gasteiger partial charge is 0.497 e. The summed E-state index contributed by atoms with van der Waals surface area (Å²) in [5.74, 6) is 1.89. The molecule has 1 aliphatic carbocycles. The normalized spacial score (nSPS) is 20.8. The van der Waals surface area contributed by atoms with Gasteiger partial charge in [-0.05, 0) is 42.5 Å². The van der Waals surface area contributed by atoms with Gasteiger partial charge in [-0.3, -0.25) is 4.79 Å². The van der Waals surface area contributed by atoms with Crippen molar-refractivity contribution < 1.29 is 9.47 Å². The molecule has 3 aromatic rings. The molecule has 0 amide bonds. The van der Waals surface area contributed by atoms with Crippen molar-refractivity contribution in [2.75, 3.05) is 25.6 Å². The Balaban J connectivity index is 1.39. The molecule has 1 aliphatic heterocycles. The zero-order valence-electron chi connectivity index (χ0n) is 16.7. The van der Waals surface area contributed by atoms with E-state index in [0.717, 1.165) is 11.3 Å². The number of nitrogens with one attached hydrogen (secondary N) is 1. The highest BCUT2D eigenvalue weighted by molar-refractivity contribution is 5.60. The molecule has 0 spiro atoms. The van der Waals surface area contributed by atoms with Crippen molar-refractivity contribution in [3.8, 4) is 17.0 Å². The Kier molecular flexibility index (Phi) is 4.92. The van der Waals surface area contributed by atoms with Crippen molar-refractivity contribution >= 4 is 5.95 Å². The Morgan fingerprint density at radius 1 is 1.13 bits per heavy atom. The Bertz CT molecular complexity index is 1090. The molecule has 2 aromatic heterocycles. The summed E-state index contributed by atoms with van der Waals surface area (Å²) in [6, 6.07) is 10.5. The lowest BCUT2D eigenvalue weighted by atomic mass is 10.1. The van der Waals surface area contributed by atoms with Gasteiger partial charge in [0.15, 0.2) is 0 Å². The van der Waals surface area contributed by atoms with E-state index in [9.17, 15) is 4.79 Å². The van der Waals surface area contributed by atoms with Crippen LogP contribution in [0, 0.1) is 0 Å². The molecule has 8 heteroatoms. The molecule has 3 heterocycles. The second kappa shape index (κ2) is 7.87. The van der Waals surface area contributed by atoms with Gasteiger partial charge in [-0.2, -0.15) is 5.10 Å². The van der Waals surface area contributed by atoms with Crippen LogP contribution in [0.3, 0.4) is 0 Å². The fourth-order valence-electron chi connectivity index (χ4n) is 3.73. The molecule has 30 heavy (non-hydrogen) atoms. The topological polar surface area (TPSA) is 91.2 Å². The molecule has 5 rings (SSSR count). The number of rotatable bonds is 6. The predicted molar refractivity (Wildman–Crippen MR) is 112 cm³/mol. The van der Waals surface area contributed by atoms with Crippen LogP contribution in [0.15, 0.2) is 53.6 Å². The molecule has 2 unspecified atom stereocenters. The first-order valence-corrected chi connectivity index (χ1v) is 10.1. The first-order chi connectivity index (χ1) is 14.7. The summed E-state index contributed by atoms with van der Waals surface area (Å²) in [5, 5.41) is 7.94. The molecule has 0 radical (unpaired) electrons. The van der Waals surface area contributed by atoms with Crippen LogP contribution in [-0.2, 0) is 4.74 Å². The highest BCUT2D eigenvalue weighted by Crippen LogP contribution is 2.39. The summed E-state index contributed by atoms with van der Waals surface area (Å²) in [6.45, 7) is 0.849. The number of methoxy groups -OCH3 is 1. The van der Waals surface area contributed by atoms with Gasteiger partial charge in [-0.1, -0.05) is 12.1 Å². The molecule has 1 saturated carbocycles. The number of benzene rings is 1. The Hall–Kier alpha value is -3.26. The summed E-state index contributed by atoms with van der Waals surface area (Å²) in [5.41, 5.74) is 2.59. The summed E-state index contributed by atoms with van der Waals surface area (Å²) in [6.07, 6.45) is 6.19. The highest BCUT2D eigenvalue weighted by atomic mass is 16.5. The van der Waals surface area contributed by atoms with Crippen molar-refractivity contribution in [3.63, 3.8) is 0 Å². The predicted octanol–water partition coefficient (Wildman–Crippen LogP) is 2.64. The average molecular weight is 405 g/mol. The average Bonchev–Trinajstić information content (AvgIpc) is 3.54. The number of aromatic nitrogens is 4. The summed E-state index contributed by atoms with van der Waals surface area (Å²) in [4.78, 5) is 21.5. The lowest BCUT2D eigenvalue weighted by Gasteiger charge is -2.20. The summed E-state index contributed by atoms with van der Waals surface area (Å²) in [7, 11) is 1.62. The number of anilines is 1. The zero-order valence-corrected chi connectivity index (χ0v) is 16.7. The van der Waals surface area contributed by atoms with E-state index >= 15 is 0 Å². The third-order valence-corrected chi connectivity index (χ3v) is 5.59. The van der Waals surface area contributed by atoms with Crippen molar-refractivity contribution in [2.24, 2.45) is 0 Å². The Morgan fingerprint density at radius 2 is 1.97 bits per heavy atom. The Labute approximate surface area is 173 Å². The molecule has 0 bridgehead atoms. The van der Waals surface area contributed by atoms with Gasteiger partial charge in [0.1, 0.15) is 11.8 Å². The van der Waals surface area contributed by atoms with Gasteiger partial charge in [-0.25, -0.2) is 14.6 Å². The van der Waals surface area contributed by atoms with Crippen LogP contribution in [0.4, 0.5) is 5.95 Å². The molecule has 2 atom stereocenters. The summed E-state index contributed by atoms with van der Waals surface area (Å²) < 4.78 is 12.5. The lowest BCUT2D eigenvalue weighted by Crippen LogP contribution is -2.37. The fourth-order valence-corrected chi connectivity index (χ4v) is 3.73. The van der Waals surface area contributed by atoms with Crippen molar-refractivity contribution in [1.29, 1.82) is 0 Å². The number of hydrogen-bond acceptors (Lipinski definition) is 7. The maximum absolute atomic E-state index is 12.6. The minimum Gasteiger partial charge on any atom is -0.497 e. The second-order valence-electron chi connectivity index (χ2n) is 7.70. The van der Waals surface area contributed by atoms with Gasteiger partial charge in [-0.15, -0.1) is 0 Å². The van der Waals surface area contributed by atoms with Crippen LogP contribution >= 0.6 is 0 Å². The molecule has 8 nitrogen and oxygen atoms in total. The van der Waals surface area contributed by atoms with Crippen LogP contribution in [0.1, 0.15) is 30.4 Å². The van der Waals surface area contributed by atoms with Gasteiger partial charge < -0.3 is 14.8 Å². The van der Waals surface area contributed by atoms with Crippen LogP contribution in [0.25, 0.3) is 11.3 Å². The van der Waals surface area contributed by atoms with E-state index in [2.05, 4.69) is 20.4 Å². The molecule has 1 N–H and O–H groups in total. The SMILES string of the molecule is COc1cccc(-c2ccc(=O)n(C3COCC3Nc3ncc(C4CC4)cn3)n2)c1. The van der Waals surface area contributed by atoms with E-state index in [-0.39, 0.29) is 17.6 Å². The first-order valence-electron chi connectivity index (χ1n) is 10.1. The van der Waals surface area contributed by atoms with E-state index in [1.165, 1.54) is 29.2 Å². The van der Waals surface area contributed by atoms with E-state index in [0.29, 0.717) is 30.8 Å². The van der Waals surface area contributed by atoms with Crippen LogP contribution in [-0.4, -0.2) is 46.1 Å². The minimum atomic E-state index is -0.255. The lowest BCUT2D eigenvalue weighted by molar-refractivity contribution is 0.183. The molecular weight excluding hydrogens is 382 g/mol. The third-order valence-electron chi connectivity index (χ3n) is 5.59. The monoisotopic (exact) mass is 405 g/mol. The van der Waals surface area contributed by atoms with Crippen LogP contribution < -0.4 is 15.6 Å². The van der Waals surface area contributed by atoms with Gasteiger partial charge in [0, 0.05) is 24.0 Å². The third kappa shape index (κ3) is 3.78. The molecule has 2 fully saturated rings. The molecule has 154 valence electrons. The van der Waals surface area contributed by atoms with Crippen molar-refractivity contribution in [2.45, 2.75) is 30.8 Å². The number of nitrogens with zero attached hydrogens (tertiary/aromatic N) is 4. The zero-order chi connectivity index (χ0) is 20.5. The van der Waals surface area contributed by atoms with Crippen LogP contribution in [0.5, 0.6) is 5.75 Å². The first kappa shape index (κ1) is 18.7. The molecule has 1 saturated heterocycles. The van der Waals surface area contributed by atoms with Gasteiger partial charge in [0.05, 0.1) is 32.1 Å². The summed E-state index contributed by atoms with van der Waals surface area (Å²) >= 11 is 0. The quantitative estimate of drug-likeness (QED) is 0.674. The molecule has 1 aromatic carbocycles. The van der Waals surface area contributed by atoms with Gasteiger partial charge in [0.2, 0.25) is 5.95 Å². The highest BCUT2D eigenvalue weighted by Gasteiger charge is 2.32. The molecular formula is C22H23N5O3. The minimum absolute atomic E-state index is 0.150. The maximum Gasteiger partial charge on any atom is 0.267 e. The number of ether oxygens (including phenoxy) is 2. The van der Waals surface area contributed by atoms with E-state index in [4.69, 9.17) is 9.47 Å². The van der Waals surface area contributed by atoms with Crippen molar-refractivity contribution in [3.05, 3.63) is 64.7 Å². The second-order valence-corrected chi connectivity index (χ2v) is 7.70. The maximum atomic E-state index is 12.6. The standard InChI is InChI=1S/C22H23N5O3/c1-29-17-4-2-3-15(9-17)18-7-8-21(28)27(26-18)20-13-30-12-19(20)25-22-23-10-16(11-24-22)14-5-6-14/h2-4,7-11,14,19-20H,5-6,12-13H2,1H3,(H,23,24,25). The van der Waals surface area contributed by atoms with Gasteiger partial charge in [0.25, 0.3) is 5.56 Å². The van der Waals surface area contributed by atoms with E-state index in [1.54, 1.807) is 13.2 Å². The Morgan fingerprint density at radius 3 is 2.73 bits per heavy atom. The smallest absolute Gasteiger partial charge is 0.267 e. The van der Waals surface area contributed by atoms with Gasteiger partial charge >= 0.3 is 0 Å². The molecule has 2 aliphatic rings. The van der Waals surface area contributed by atoms with Crippen molar-refractivity contribution in [1.82, 2.24) is 19.7 Å².